The van der Waals surface area contributed by atoms with E-state index < -0.39 is 5.97 Å². The van der Waals surface area contributed by atoms with Crippen molar-refractivity contribution in [1.29, 1.82) is 0 Å². The molecule has 8 heteroatoms. The number of methoxy groups -OCH3 is 1. The van der Waals surface area contributed by atoms with E-state index in [1.807, 2.05) is 12.1 Å². The molecule has 0 saturated carbocycles. The number of H-pyrrole nitrogens is 1. The topological polar surface area (TPSA) is 87.7 Å². The van der Waals surface area contributed by atoms with Crippen molar-refractivity contribution < 1.29 is 19.4 Å². The van der Waals surface area contributed by atoms with E-state index in [2.05, 4.69) is 22.0 Å². The zero-order valence-corrected chi connectivity index (χ0v) is 15.6. The minimum Gasteiger partial charge on any atom is -0.494 e. The van der Waals surface area contributed by atoms with E-state index in [4.69, 9.17) is 9.47 Å². The van der Waals surface area contributed by atoms with Crippen LogP contribution < -0.4 is 4.74 Å². The molecular formula is C15H19N3NaO4. The van der Waals surface area contributed by atoms with Crippen molar-refractivity contribution in [2.75, 3.05) is 33.4 Å². The molecule has 119 valence electrons. The van der Waals surface area contributed by atoms with Crippen molar-refractivity contribution in [2.24, 2.45) is 0 Å². The molecule has 7 nitrogen and oxygen atoms in total. The Kier molecular flexibility index (Phi) is 6.05. The van der Waals surface area contributed by atoms with Crippen molar-refractivity contribution >= 4 is 46.4 Å². The molecule has 1 unspecified atom stereocenters. The zero-order chi connectivity index (χ0) is 15.7. The maximum absolute atomic E-state index is 11.5. The third kappa shape index (κ3) is 3.39. The summed E-state index contributed by atoms with van der Waals surface area (Å²) in [7, 11) is 1.56. The first-order valence-electron chi connectivity index (χ1n) is 7.23. The van der Waals surface area contributed by atoms with E-state index >= 15 is 0 Å². The van der Waals surface area contributed by atoms with Crippen LogP contribution in [0.5, 0.6) is 5.75 Å². The van der Waals surface area contributed by atoms with Gasteiger partial charge in [0.1, 0.15) is 11.3 Å². The van der Waals surface area contributed by atoms with Crippen LogP contribution in [0.15, 0.2) is 12.1 Å². The fourth-order valence-corrected chi connectivity index (χ4v) is 2.97. The molecule has 23 heavy (non-hydrogen) atoms. The molecule has 0 bridgehead atoms. The molecule has 0 spiro atoms. The average Bonchev–Trinajstić information content (AvgIpc) is 2.99. The number of carbonyl (C=O) groups is 1. The van der Waals surface area contributed by atoms with Crippen molar-refractivity contribution in [2.45, 2.75) is 13.0 Å². The maximum Gasteiger partial charge on any atom is 0.357 e. The van der Waals surface area contributed by atoms with Gasteiger partial charge in [0.25, 0.3) is 0 Å². The Hall–Kier alpha value is -1.12. The summed E-state index contributed by atoms with van der Waals surface area (Å²) in [5.41, 5.74) is 1.59. The number of ether oxygens (including phenoxy) is 2. The van der Waals surface area contributed by atoms with Crippen LogP contribution in [0.1, 0.15) is 29.0 Å². The van der Waals surface area contributed by atoms with Crippen LogP contribution in [0.4, 0.5) is 0 Å². The first-order valence-corrected chi connectivity index (χ1v) is 7.23. The van der Waals surface area contributed by atoms with Gasteiger partial charge in [-0.15, -0.1) is 0 Å². The number of fused-ring (bicyclic) bond motifs is 1. The first-order chi connectivity index (χ1) is 10.6. The van der Waals surface area contributed by atoms with Crippen molar-refractivity contribution in [3.63, 3.8) is 0 Å². The molecule has 1 atom stereocenters. The average molecular weight is 328 g/mol. The van der Waals surface area contributed by atoms with Crippen molar-refractivity contribution in [3.05, 3.63) is 23.4 Å². The predicted molar refractivity (Wildman–Crippen MR) is 86.2 cm³/mol. The fourth-order valence-electron chi connectivity index (χ4n) is 2.97. The van der Waals surface area contributed by atoms with Gasteiger partial charge in [-0.1, -0.05) is 6.07 Å². The summed E-state index contributed by atoms with van der Waals surface area (Å²) in [4.78, 5) is 13.8. The fraction of sp³-hybridized carbons (Fsp3) is 0.467. The number of carboxylic acids is 1. The number of aromatic nitrogens is 2. The molecule has 1 aromatic carbocycles. The zero-order valence-electron chi connectivity index (χ0n) is 13.6. The summed E-state index contributed by atoms with van der Waals surface area (Å²) in [5.74, 6) is -0.456. The SMILES string of the molecule is COc1ccc(C(C)N2CCOCC2)c2c(C(=O)O)n[nH]c12.[Na]. The summed E-state index contributed by atoms with van der Waals surface area (Å²) < 4.78 is 10.7. The van der Waals surface area contributed by atoms with Crippen LogP contribution in [0.2, 0.25) is 0 Å². The Morgan fingerprint density at radius 1 is 1.43 bits per heavy atom. The number of rotatable bonds is 4. The summed E-state index contributed by atoms with van der Waals surface area (Å²) >= 11 is 0. The molecular weight excluding hydrogens is 309 g/mol. The molecule has 3 rings (SSSR count). The number of hydrogen-bond donors (Lipinski definition) is 2. The van der Waals surface area contributed by atoms with Gasteiger partial charge in [-0.25, -0.2) is 4.79 Å². The predicted octanol–water partition coefficient (Wildman–Crippen LogP) is 1.28. The van der Waals surface area contributed by atoms with Crippen LogP contribution in [0.25, 0.3) is 10.9 Å². The molecule has 1 saturated heterocycles. The van der Waals surface area contributed by atoms with Gasteiger partial charge < -0.3 is 14.6 Å². The smallest absolute Gasteiger partial charge is 0.357 e. The largest absolute Gasteiger partial charge is 0.494 e. The third-order valence-corrected chi connectivity index (χ3v) is 4.18. The van der Waals surface area contributed by atoms with Crippen LogP contribution in [0, 0.1) is 0 Å². The van der Waals surface area contributed by atoms with Crippen LogP contribution in [0.3, 0.4) is 0 Å². The van der Waals surface area contributed by atoms with Gasteiger partial charge in [0, 0.05) is 54.1 Å². The Morgan fingerprint density at radius 3 is 2.74 bits per heavy atom. The van der Waals surface area contributed by atoms with E-state index in [9.17, 15) is 9.90 Å². The number of carboxylic acid groups (broad SMARTS) is 1. The second-order valence-electron chi connectivity index (χ2n) is 5.31. The summed E-state index contributed by atoms with van der Waals surface area (Å²) in [5, 5.41) is 16.7. The number of aromatic amines is 1. The molecule has 0 amide bonds. The van der Waals surface area contributed by atoms with Gasteiger partial charge in [0.05, 0.1) is 20.3 Å². The van der Waals surface area contributed by atoms with Crippen molar-refractivity contribution in [3.8, 4) is 5.75 Å². The van der Waals surface area contributed by atoms with Crippen molar-refractivity contribution in [1.82, 2.24) is 15.1 Å². The van der Waals surface area contributed by atoms with Gasteiger partial charge in [-0.3, -0.25) is 10.00 Å². The molecule has 1 aromatic heterocycles. The standard InChI is InChI=1S/C15H19N3O4.Na/c1-9(18-5-7-22-8-6-18)10-3-4-11(21-2)13-12(10)14(15(19)20)17-16-13;/h3-4,9H,5-8H2,1-2H3,(H,16,17)(H,19,20);. The van der Waals surface area contributed by atoms with Gasteiger partial charge >= 0.3 is 5.97 Å². The number of nitrogens with one attached hydrogen (secondary N) is 1. The number of hydrogen-bond acceptors (Lipinski definition) is 5. The Labute approximate surface area is 156 Å². The molecule has 2 aromatic rings. The number of aromatic carboxylic acids is 1. The van der Waals surface area contributed by atoms with Gasteiger partial charge in [0.15, 0.2) is 5.69 Å². The molecule has 1 radical (unpaired) electrons. The molecule has 1 aliphatic rings. The number of nitrogens with zero attached hydrogens (tertiary/aromatic N) is 2. The number of morpholine rings is 1. The van der Waals surface area contributed by atoms with Crippen LogP contribution in [-0.4, -0.2) is 89.1 Å². The maximum atomic E-state index is 11.5. The second kappa shape index (κ2) is 7.63. The molecule has 0 aliphatic carbocycles. The quantitative estimate of drug-likeness (QED) is 0.822. The Bertz CT molecular complexity index is 697. The number of benzene rings is 1. The minimum atomic E-state index is -1.05. The minimum absolute atomic E-state index is 0. The summed E-state index contributed by atoms with van der Waals surface area (Å²) in [6.07, 6.45) is 0. The van der Waals surface area contributed by atoms with E-state index in [0.717, 1.165) is 18.7 Å². The molecule has 1 fully saturated rings. The molecule has 2 heterocycles. The summed E-state index contributed by atoms with van der Waals surface area (Å²) in [6, 6.07) is 3.84. The normalized spacial score (nSPS) is 16.8. The third-order valence-electron chi connectivity index (χ3n) is 4.18. The van der Waals surface area contributed by atoms with Gasteiger partial charge in [0.2, 0.25) is 0 Å². The van der Waals surface area contributed by atoms with Crippen LogP contribution >= 0.6 is 0 Å². The Balaban J connectivity index is 0.00000192. The Morgan fingerprint density at radius 2 is 2.13 bits per heavy atom. The first kappa shape index (κ1) is 18.2. The molecule has 2 N–H and O–H groups in total. The van der Waals surface area contributed by atoms with E-state index in [0.29, 0.717) is 29.9 Å². The van der Waals surface area contributed by atoms with E-state index in [-0.39, 0.29) is 41.3 Å². The molecule has 1 aliphatic heterocycles. The summed E-state index contributed by atoms with van der Waals surface area (Å²) in [6.45, 7) is 5.12. The monoisotopic (exact) mass is 328 g/mol. The van der Waals surface area contributed by atoms with E-state index in [1.54, 1.807) is 7.11 Å². The van der Waals surface area contributed by atoms with E-state index in [1.165, 1.54) is 0 Å². The van der Waals surface area contributed by atoms with Gasteiger partial charge in [-0.05, 0) is 18.6 Å². The van der Waals surface area contributed by atoms with Crippen LogP contribution in [-0.2, 0) is 4.74 Å². The van der Waals surface area contributed by atoms with Gasteiger partial charge in [-0.2, -0.15) is 5.10 Å². The second-order valence-corrected chi connectivity index (χ2v) is 5.31.